The van der Waals surface area contributed by atoms with Gasteiger partial charge >= 0.3 is 35.5 Å². The summed E-state index contributed by atoms with van der Waals surface area (Å²) >= 11 is 0. The summed E-state index contributed by atoms with van der Waals surface area (Å²) in [5.41, 5.74) is 1.21. The first-order valence-corrected chi connectivity index (χ1v) is 14.3. The van der Waals surface area contributed by atoms with E-state index in [4.69, 9.17) is 9.47 Å². The van der Waals surface area contributed by atoms with Crippen LogP contribution in [0.1, 0.15) is 145 Å². The molecule has 1 aromatic carbocycles. The van der Waals surface area contributed by atoms with Crippen molar-refractivity contribution >= 4 is 35.5 Å². The van der Waals surface area contributed by atoms with Gasteiger partial charge in [0.2, 0.25) is 0 Å². The first kappa shape index (κ1) is 34.5. The Morgan fingerprint density at radius 1 is 0.686 bits per heavy atom. The van der Waals surface area contributed by atoms with Crippen LogP contribution in [0.15, 0.2) is 18.2 Å². The van der Waals surface area contributed by atoms with Crippen LogP contribution >= 0.6 is 0 Å². The number of ether oxygens (including phenoxy) is 2. The molecule has 0 amide bonds. The second-order valence-corrected chi connectivity index (χ2v) is 9.69. The molecular formula is C30H53NaO4. The van der Waals surface area contributed by atoms with Gasteiger partial charge in [0.1, 0.15) is 5.75 Å². The summed E-state index contributed by atoms with van der Waals surface area (Å²) in [6.45, 7) is 6.36. The summed E-state index contributed by atoms with van der Waals surface area (Å²) in [6.07, 6.45) is 23.1. The van der Waals surface area contributed by atoms with Gasteiger partial charge in [-0.05, 0) is 25.0 Å². The Kier molecular flexibility index (Phi) is 24.7. The van der Waals surface area contributed by atoms with E-state index in [1.54, 1.807) is 12.1 Å². The molecule has 1 aromatic rings. The van der Waals surface area contributed by atoms with Gasteiger partial charge in [0.15, 0.2) is 0 Å². The Bertz CT molecular complexity index is 620. The molecule has 0 spiro atoms. The van der Waals surface area contributed by atoms with Gasteiger partial charge in [0.05, 0.1) is 18.8 Å². The van der Waals surface area contributed by atoms with E-state index in [1.165, 1.54) is 96.3 Å². The van der Waals surface area contributed by atoms with Crippen molar-refractivity contribution in [1.82, 2.24) is 0 Å². The van der Waals surface area contributed by atoms with Gasteiger partial charge < -0.3 is 14.6 Å². The summed E-state index contributed by atoms with van der Waals surface area (Å²) < 4.78 is 11.9. The molecule has 0 aliphatic carbocycles. The Hall–Kier alpha value is -0.550. The van der Waals surface area contributed by atoms with E-state index < -0.39 is 5.97 Å². The Morgan fingerprint density at radius 3 is 1.63 bits per heavy atom. The predicted octanol–water partition coefficient (Wildman–Crippen LogP) is 8.69. The SMILES string of the molecule is CCCCCCCCCCCOCc1ccc(C(=O)O)cc1OCCCCCCCCCCC.[NaH]. The fourth-order valence-electron chi connectivity index (χ4n) is 4.23. The molecule has 5 heteroatoms. The summed E-state index contributed by atoms with van der Waals surface area (Å²) in [5.74, 6) is -0.262. The van der Waals surface area contributed by atoms with Gasteiger partial charge in [-0.25, -0.2) is 4.79 Å². The molecule has 0 atom stereocenters. The normalized spacial score (nSPS) is 10.8. The standard InChI is InChI=1S/C30H52O4.Na.H/c1-3-5-7-9-11-13-15-17-19-23-33-26-28-22-21-27(30(31)32)25-29(28)34-24-20-18-16-14-12-10-8-6-4-2;;/h21-22,25H,3-20,23-24,26H2,1-2H3,(H,31,32);;. The number of hydrogen-bond donors (Lipinski definition) is 1. The molecule has 1 rings (SSSR count). The second-order valence-electron chi connectivity index (χ2n) is 9.69. The van der Waals surface area contributed by atoms with Crippen LogP contribution in [0.25, 0.3) is 0 Å². The van der Waals surface area contributed by atoms with E-state index in [2.05, 4.69) is 13.8 Å². The van der Waals surface area contributed by atoms with Crippen LogP contribution in [-0.2, 0) is 11.3 Å². The van der Waals surface area contributed by atoms with Gasteiger partial charge in [-0.3, -0.25) is 0 Å². The van der Waals surface area contributed by atoms with Crippen LogP contribution < -0.4 is 4.74 Å². The van der Waals surface area contributed by atoms with Crippen molar-refractivity contribution in [3.05, 3.63) is 29.3 Å². The van der Waals surface area contributed by atoms with Gasteiger partial charge in [-0.1, -0.05) is 123 Å². The van der Waals surface area contributed by atoms with Crippen LogP contribution in [0.4, 0.5) is 0 Å². The van der Waals surface area contributed by atoms with Crippen molar-refractivity contribution in [2.24, 2.45) is 0 Å². The average molecular weight is 501 g/mol. The van der Waals surface area contributed by atoms with Crippen LogP contribution in [-0.4, -0.2) is 53.8 Å². The molecule has 0 aliphatic rings. The van der Waals surface area contributed by atoms with Gasteiger partial charge in [0.25, 0.3) is 0 Å². The quantitative estimate of drug-likeness (QED) is 0.114. The molecule has 4 nitrogen and oxygen atoms in total. The number of carboxylic acid groups (broad SMARTS) is 1. The zero-order valence-corrected chi connectivity index (χ0v) is 22.3. The van der Waals surface area contributed by atoms with Gasteiger partial charge in [-0.2, -0.15) is 0 Å². The van der Waals surface area contributed by atoms with Crippen molar-refractivity contribution in [3.8, 4) is 5.75 Å². The molecule has 0 bridgehead atoms. The summed E-state index contributed by atoms with van der Waals surface area (Å²) in [7, 11) is 0. The maximum absolute atomic E-state index is 11.4. The third kappa shape index (κ3) is 19.3. The molecule has 0 saturated heterocycles. The molecule has 0 heterocycles. The topological polar surface area (TPSA) is 55.8 Å². The maximum atomic E-state index is 11.4. The predicted molar refractivity (Wildman–Crippen MR) is 150 cm³/mol. The molecule has 35 heavy (non-hydrogen) atoms. The molecule has 0 fully saturated rings. The molecule has 1 N–H and O–H groups in total. The summed E-state index contributed by atoms with van der Waals surface area (Å²) in [4.78, 5) is 11.4. The second kappa shape index (κ2) is 25.1. The molecule has 0 aromatic heterocycles. The molecule has 0 radical (unpaired) electrons. The first-order valence-electron chi connectivity index (χ1n) is 14.3. The number of hydrogen-bond acceptors (Lipinski definition) is 3. The number of unbranched alkanes of at least 4 members (excludes halogenated alkanes) is 16. The van der Waals surface area contributed by atoms with Crippen LogP contribution in [0, 0.1) is 0 Å². The zero-order chi connectivity index (χ0) is 24.7. The Labute approximate surface area is 238 Å². The average Bonchev–Trinajstić information content (AvgIpc) is 2.84. The van der Waals surface area contributed by atoms with E-state index in [9.17, 15) is 9.90 Å². The minimum atomic E-state index is -0.921. The van der Waals surface area contributed by atoms with Gasteiger partial charge in [0, 0.05) is 12.2 Å². The molecule has 0 unspecified atom stereocenters. The Morgan fingerprint density at radius 2 is 1.14 bits per heavy atom. The third-order valence-electron chi connectivity index (χ3n) is 6.47. The van der Waals surface area contributed by atoms with E-state index in [0.717, 1.165) is 31.4 Å². The molecule has 0 aliphatic heterocycles. The first-order chi connectivity index (χ1) is 16.7. The van der Waals surface area contributed by atoms with Gasteiger partial charge in [-0.15, -0.1) is 0 Å². The fourth-order valence-corrected chi connectivity index (χ4v) is 4.23. The van der Waals surface area contributed by atoms with Crippen LogP contribution in [0.2, 0.25) is 0 Å². The van der Waals surface area contributed by atoms with Crippen molar-refractivity contribution in [3.63, 3.8) is 0 Å². The molecular weight excluding hydrogens is 447 g/mol. The van der Waals surface area contributed by atoms with Crippen molar-refractivity contribution in [1.29, 1.82) is 0 Å². The number of carboxylic acids is 1. The summed E-state index contributed by atoms with van der Waals surface area (Å²) in [6, 6.07) is 5.13. The Balaban J connectivity index is 0.0000116. The fraction of sp³-hybridized carbons (Fsp3) is 0.767. The van der Waals surface area contributed by atoms with E-state index in [-0.39, 0.29) is 35.1 Å². The van der Waals surface area contributed by atoms with E-state index in [0.29, 0.717) is 19.0 Å². The van der Waals surface area contributed by atoms with E-state index in [1.807, 2.05) is 6.07 Å². The van der Waals surface area contributed by atoms with Crippen molar-refractivity contribution < 1.29 is 19.4 Å². The van der Waals surface area contributed by atoms with Crippen molar-refractivity contribution in [2.75, 3.05) is 13.2 Å². The van der Waals surface area contributed by atoms with Crippen molar-refractivity contribution in [2.45, 2.75) is 136 Å². The number of carbonyl (C=O) groups is 1. The van der Waals surface area contributed by atoms with Crippen LogP contribution in [0.3, 0.4) is 0 Å². The molecule has 0 saturated carbocycles. The third-order valence-corrected chi connectivity index (χ3v) is 6.47. The van der Waals surface area contributed by atoms with Crippen LogP contribution in [0.5, 0.6) is 5.75 Å². The number of aromatic carboxylic acids is 1. The number of rotatable bonds is 24. The monoisotopic (exact) mass is 500 g/mol. The summed E-state index contributed by atoms with van der Waals surface area (Å²) in [5, 5.41) is 9.34. The molecule has 198 valence electrons. The number of benzene rings is 1. The minimum absolute atomic E-state index is 0. The zero-order valence-electron chi connectivity index (χ0n) is 22.3. The van der Waals surface area contributed by atoms with E-state index >= 15 is 0 Å².